The minimum atomic E-state index is -0.669. The van der Waals surface area contributed by atoms with Gasteiger partial charge in [-0.1, -0.05) is 23.2 Å². The van der Waals surface area contributed by atoms with E-state index < -0.39 is 5.82 Å². The normalized spacial score (nSPS) is 20.1. The van der Waals surface area contributed by atoms with Gasteiger partial charge < -0.3 is 4.90 Å². The van der Waals surface area contributed by atoms with E-state index in [0.29, 0.717) is 24.5 Å². The van der Waals surface area contributed by atoms with Crippen molar-refractivity contribution in [2.75, 3.05) is 17.3 Å². The Bertz CT molecular complexity index is 443. The predicted octanol–water partition coefficient (Wildman–Crippen LogP) is 3.72. The predicted molar refractivity (Wildman–Crippen MR) is 67.6 cm³/mol. The summed E-state index contributed by atoms with van der Waals surface area (Å²) in [6.45, 7) is 0.515. The highest BCUT2D eigenvalue weighted by molar-refractivity contribution is 6.35. The molecule has 0 saturated carbocycles. The van der Waals surface area contributed by atoms with Crippen molar-refractivity contribution < 1.29 is 9.18 Å². The molecule has 0 aromatic heterocycles. The molecule has 0 radical (unpaired) electrons. The van der Waals surface area contributed by atoms with Crippen LogP contribution in [0.1, 0.15) is 6.42 Å². The molecule has 1 aromatic rings. The lowest BCUT2D eigenvalue weighted by Crippen LogP contribution is -2.24. The molecule has 92 valence electrons. The van der Waals surface area contributed by atoms with Gasteiger partial charge in [-0.3, -0.25) is 4.79 Å². The summed E-state index contributed by atoms with van der Waals surface area (Å²) < 4.78 is 13.2. The molecular formula is C11H9Cl3FNO. The van der Waals surface area contributed by atoms with Gasteiger partial charge in [0.15, 0.2) is 5.82 Å². The van der Waals surface area contributed by atoms with Crippen LogP contribution in [0.2, 0.25) is 10.0 Å². The van der Waals surface area contributed by atoms with E-state index in [9.17, 15) is 9.18 Å². The van der Waals surface area contributed by atoms with Crippen molar-refractivity contribution in [2.24, 2.45) is 5.92 Å². The summed E-state index contributed by atoms with van der Waals surface area (Å²) in [5.74, 6) is -0.177. The van der Waals surface area contributed by atoms with E-state index in [0.717, 1.165) is 0 Å². The number of rotatable bonds is 2. The van der Waals surface area contributed by atoms with Crippen LogP contribution in [0.25, 0.3) is 0 Å². The van der Waals surface area contributed by atoms with Crippen molar-refractivity contribution in [2.45, 2.75) is 6.42 Å². The molecule has 1 aliphatic heterocycles. The van der Waals surface area contributed by atoms with Crippen molar-refractivity contribution in [1.82, 2.24) is 0 Å². The lowest BCUT2D eigenvalue weighted by Gasteiger charge is -2.17. The van der Waals surface area contributed by atoms with Gasteiger partial charge in [-0.25, -0.2) is 4.39 Å². The Balaban J connectivity index is 2.32. The second kappa shape index (κ2) is 5.01. The van der Waals surface area contributed by atoms with Crippen molar-refractivity contribution in [3.05, 3.63) is 28.0 Å². The van der Waals surface area contributed by atoms with Crippen molar-refractivity contribution in [1.29, 1.82) is 0 Å². The van der Waals surface area contributed by atoms with Crippen LogP contribution < -0.4 is 4.90 Å². The van der Waals surface area contributed by atoms with Crippen molar-refractivity contribution in [3.8, 4) is 0 Å². The average molecular weight is 297 g/mol. The number of alkyl halides is 1. The largest absolute Gasteiger partial charge is 0.312 e. The Labute approximate surface area is 113 Å². The van der Waals surface area contributed by atoms with Crippen LogP contribution in [0.4, 0.5) is 10.1 Å². The third-order valence-electron chi connectivity index (χ3n) is 2.70. The smallest absolute Gasteiger partial charge is 0.227 e. The second-order valence-corrected chi connectivity index (χ2v) is 5.08. The molecule has 0 spiro atoms. The summed E-state index contributed by atoms with van der Waals surface area (Å²) >= 11 is 17.1. The molecule has 1 heterocycles. The van der Waals surface area contributed by atoms with Gasteiger partial charge >= 0.3 is 0 Å². The molecule has 0 aliphatic carbocycles. The zero-order valence-electron chi connectivity index (χ0n) is 8.72. The average Bonchev–Trinajstić information content (AvgIpc) is 2.67. The van der Waals surface area contributed by atoms with Gasteiger partial charge in [0.05, 0.1) is 10.0 Å². The van der Waals surface area contributed by atoms with Crippen LogP contribution in [0, 0.1) is 11.7 Å². The number of halogens is 4. The van der Waals surface area contributed by atoms with Gasteiger partial charge in [0, 0.05) is 24.5 Å². The zero-order chi connectivity index (χ0) is 12.6. The van der Waals surface area contributed by atoms with E-state index in [4.69, 9.17) is 34.8 Å². The number of carbonyl (C=O) groups is 1. The van der Waals surface area contributed by atoms with Crippen LogP contribution in [0.3, 0.4) is 0 Å². The van der Waals surface area contributed by atoms with Gasteiger partial charge in [-0.2, -0.15) is 0 Å². The van der Waals surface area contributed by atoms with Crippen LogP contribution >= 0.6 is 34.8 Å². The number of nitrogens with zero attached hydrogens (tertiary/aromatic N) is 1. The third-order valence-corrected chi connectivity index (χ3v) is 3.69. The molecule has 1 amide bonds. The quantitative estimate of drug-likeness (QED) is 0.601. The molecule has 6 heteroatoms. The lowest BCUT2D eigenvalue weighted by molar-refractivity contribution is -0.117. The van der Waals surface area contributed by atoms with Crippen LogP contribution in [-0.4, -0.2) is 18.3 Å². The number of hydrogen-bond acceptors (Lipinski definition) is 1. The lowest BCUT2D eigenvalue weighted by atomic mass is 10.1. The van der Waals surface area contributed by atoms with Gasteiger partial charge in [0.25, 0.3) is 0 Å². The van der Waals surface area contributed by atoms with Crippen LogP contribution in [-0.2, 0) is 4.79 Å². The standard InChI is InChI=1S/C11H9Cl3FNO/c12-4-6-1-10(17)16(5-6)7-2-8(13)11(15)9(14)3-7/h2-3,6H,1,4-5H2. The van der Waals surface area contributed by atoms with E-state index in [1.165, 1.54) is 17.0 Å². The van der Waals surface area contributed by atoms with Crippen LogP contribution in [0.5, 0.6) is 0 Å². The van der Waals surface area contributed by atoms with E-state index in [-0.39, 0.29) is 21.9 Å². The van der Waals surface area contributed by atoms with E-state index in [2.05, 4.69) is 0 Å². The first-order chi connectivity index (χ1) is 8.02. The number of anilines is 1. The molecule has 2 rings (SSSR count). The highest BCUT2D eigenvalue weighted by atomic mass is 35.5. The summed E-state index contributed by atoms with van der Waals surface area (Å²) in [6, 6.07) is 2.80. The fraction of sp³-hybridized carbons (Fsp3) is 0.364. The number of hydrogen-bond donors (Lipinski definition) is 0. The van der Waals surface area contributed by atoms with E-state index in [1.54, 1.807) is 0 Å². The Morgan fingerprint density at radius 3 is 2.41 bits per heavy atom. The summed E-state index contributed by atoms with van der Waals surface area (Å²) in [5, 5.41) is -0.177. The molecule has 0 N–H and O–H groups in total. The summed E-state index contributed by atoms with van der Waals surface area (Å²) in [4.78, 5) is 13.3. The van der Waals surface area contributed by atoms with Gasteiger partial charge in [-0.05, 0) is 18.1 Å². The Morgan fingerprint density at radius 1 is 1.35 bits per heavy atom. The fourth-order valence-electron chi connectivity index (χ4n) is 1.83. The maximum Gasteiger partial charge on any atom is 0.227 e. The third kappa shape index (κ3) is 2.51. The molecular weight excluding hydrogens is 287 g/mol. The number of amides is 1. The van der Waals surface area contributed by atoms with Crippen LogP contribution in [0.15, 0.2) is 12.1 Å². The maximum atomic E-state index is 13.2. The fourth-order valence-corrected chi connectivity index (χ4v) is 2.51. The highest BCUT2D eigenvalue weighted by Crippen LogP contribution is 2.32. The second-order valence-electron chi connectivity index (χ2n) is 3.95. The Morgan fingerprint density at radius 2 is 1.94 bits per heavy atom. The first-order valence-corrected chi connectivity index (χ1v) is 6.33. The van der Waals surface area contributed by atoms with Gasteiger partial charge in [0.2, 0.25) is 5.91 Å². The molecule has 1 aliphatic rings. The SMILES string of the molecule is O=C1CC(CCl)CN1c1cc(Cl)c(F)c(Cl)c1. The molecule has 1 atom stereocenters. The minimum absolute atomic E-state index is 0.0469. The molecule has 17 heavy (non-hydrogen) atoms. The van der Waals surface area contributed by atoms with E-state index >= 15 is 0 Å². The molecule has 1 fully saturated rings. The van der Waals surface area contributed by atoms with E-state index in [1.807, 2.05) is 0 Å². The molecule has 2 nitrogen and oxygen atoms in total. The number of benzene rings is 1. The molecule has 1 aromatic carbocycles. The first-order valence-electron chi connectivity index (χ1n) is 5.03. The molecule has 1 saturated heterocycles. The first kappa shape index (κ1) is 12.9. The zero-order valence-corrected chi connectivity index (χ0v) is 11.0. The highest BCUT2D eigenvalue weighted by Gasteiger charge is 2.30. The summed E-state index contributed by atoms with van der Waals surface area (Å²) in [7, 11) is 0. The number of carbonyl (C=O) groups excluding carboxylic acids is 1. The topological polar surface area (TPSA) is 20.3 Å². The Kier molecular flexibility index (Phi) is 3.81. The monoisotopic (exact) mass is 295 g/mol. The van der Waals surface area contributed by atoms with Crippen molar-refractivity contribution in [3.63, 3.8) is 0 Å². The molecule has 1 unspecified atom stereocenters. The van der Waals surface area contributed by atoms with Gasteiger partial charge in [-0.15, -0.1) is 11.6 Å². The summed E-state index contributed by atoms with van der Waals surface area (Å²) in [5.41, 5.74) is 0.513. The molecule has 0 bridgehead atoms. The minimum Gasteiger partial charge on any atom is -0.312 e. The maximum absolute atomic E-state index is 13.2. The Hall–Kier alpha value is -0.510. The van der Waals surface area contributed by atoms with Gasteiger partial charge in [0.1, 0.15) is 0 Å². The van der Waals surface area contributed by atoms with Crippen molar-refractivity contribution >= 4 is 46.4 Å². The summed E-state index contributed by atoms with van der Waals surface area (Å²) in [6.07, 6.45) is 0.399.